The van der Waals surface area contributed by atoms with E-state index >= 15 is 0 Å². The molecule has 0 amide bonds. The molecule has 2 aromatic carbocycles. The molecule has 10 unspecified atom stereocenters. The van der Waals surface area contributed by atoms with Crippen LogP contribution in [-0.2, 0) is 0 Å². The third-order valence-electron chi connectivity index (χ3n) is 18.8. The smallest absolute Gasteiger partial charge is 0.0547 e. The maximum Gasteiger partial charge on any atom is 0.0547 e. The molecule has 6 saturated carbocycles. The van der Waals surface area contributed by atoms with E-state index < -0.39 is 8.07 Å². The summed E-state index contributed by atoms with van der Waals surface area (Å²) in [5, 5.41) is 6.42. The predicted octanol–water partition coefficient (Wildman–Crippen LogP) is 12.3. The van der Waals surface area contributed by atoms with Crippen LogP contribution in [0.4, 0.5) is 0 Å². The Hall–Kier alpha value is -1.86. The average Bonchev–Trinajstić information content (AvgIpc) is 3.80. The second kappa shape index (κ2) is 16.1. The lowest BCUT2D eigenvalue weighted by Crippen LogP contribution is -2.48. The van der Waals surface area contributed by atoms with Crippen LogP contribution in [0.25, 0.3) is 23.3 Å². The van der Waals surface area contributed by atoms with Gasteiger partial charge >= 0.3 is 0 Å². The molecule has 10 atom stereocenters. The van der Waals surface area contributed by atoms with Crippen LogP contribution in [0.2, 0.25) is 24.2 Å². The molecular weight excluding hydrogens is 677 g/mol. The van der Waals surface area contributed by atoms with Crippen molar-refractivity contribution in [1.29, 1.82) is 0 Å². The van der Waals surface area contributed by atoms with E-state index in [1.54, 1.807) is 85.1 Å². The van der Waals surface area contributed by atoms with E-state index in [1.807, 2.05) is 11.1 Å². The lowest BCUT2D eigenvalue weighted by molar-refractivity contribution is 0.211. The summed E-state index contributed by atoms with van der Waals surface area (Å²) in [7, 11) is -1.68. The van der Waals surface area contributed by atoms with Gasteiger partial charge in [0.25, 0.3) is 0 Å². The Morgan fingerprint density at radius 3 is 1.36 bits per heavy atom. The lowest BCUT2D eigenvalue weighted by Gasteiger charge is -2.50. The van der Waals surface area contributed by atoms with Gasteiger partial charge < -0.3 is 0 Å². The summed E-state index contributed by atoms with van der Waals surface area (Å²) in [6, 6.07) is 19.2. The van der Waals surface area contributed by atoms with Crippen LogP contribution in [0.1, 0.15) is 154 Å². The second-order valence-corrected chi connectivity index (χ2v) is 26.8. The van der Waals surface area contributed by atoms with Crippen LogP contribution in [0.15, 0.2) is 48.5 Å². The van der Waals surface area contributed by atoms with Crippen LogP contribution >= 0.6 is 0 Å². The molecule has 0 saturated heterocycles. The molecule has 0 bridgehead atoms. The van der Waals surface area contributed by atoms with Gasteiger partial charge in [-0.2, -0.15) is 0 Å². The average molecular weight is 753 g/mol. The van der Waals surface area contributed by atoms with Crippen LogP contribution < -0.4 is 20.9 Å². The first-order chi connectivity index (χ1) is 27.0. The molecule has 0 heterocycles. The first-order valence-electron chi connectivity index (χ1n) is 24.6. The predicted molar refractivity (Wildman–Crippen MR) is 238 cm³/mol. The maximum absolute atomic E-state index is 3.08. The fourth-order valence-corrected chi connectivity index (χ4v) is 23.6. The quantitative estimate of drug-likeness (QED) is 0.236. The second-order valence-electron chi connectivity index (χ2n) is 21.8. The van der Waals surface area contributed by atoms with Crippen molar-refractivity contribution < 1.29 is 0 Å². The maximum atomic E-state index is 3.08. The van der Waals surface area contributed by atoms with Crippen molar-refractivity contribution in [3.8, 4) is 0 Å². The Bertz CT molecular complexity index is 1770. The topological polar surface area (TPSA) is 0 Å². The van der Waals surface area contributed by atoms with E-state index in [2.05, 4.69) is 73.8 Å². The van der Waals surface area contributed by atoms with Gasteiger partial charge in [0.15, 0.2) is 0 Å². The SMILES string of the molecule is C[Si](C)(C1C(CC2CCCCC2)CC2C(C3=c4ccccc4=CCC3)CCCC21)C1C(CC2CCCCC2)CC2C(C3=c4ccccc4=CCC3)CCCC21. The van der Waals surface area contributed by atoms with E-state index in [-0.39, 0.29) is 0 Å². The molecule has 296 valence electrons. The van der Waals surface area contributed by atoms with Crippen molar-refractivity contribution in [1.82, 2.24) is 0 Å². The van der Waals surface area contributed by atoms with Gasteiger partial charge in [-0.05, 0) is 155 Å². The Kier molecular flexibility index (Phi) is 10.9. The molecule has 0 nitrogen and oxygen atoms in total. The van der Waals surface area contributed by atoms with E-state index in [4.69, 9.17) is 0 Å². The Morgan fingerprint density at radius 1 is 0.473 bits per heavy atom. The van der Waals surface area contributed by atoms with Gasteiger partial charge in [-0.25, -0.2) is 0 Å². The number of benzene rings is 2. The van der Waals surface area contributed by atoms with Gasteiger partial charge in [0.2, 0.25) is 0 Å². The molecular formula is C54H76Si. The zero-order valence-electron chi connectivity index (χ0n) is 35.2. The summed E-state index contributed by atoms with van der Waals surface area (Å²) >= 11 is 0. The highest BCUT2D eigenvalue weighted by atomic mass is 28.3. The Balaban J connectivity index is 1.04. The largest absolute Gasteiger partial charge is 0.0763 e. The zero-order valence-corrected chi connectivity index (χ0v) is 36.2. The highest BCUT2D eigenvalue weighted by Crippen LogP contribution is 2.68. The van der Waals surface area contributed by atoms with Crippen molar-refractivity contribution >= 4 is 31.4 Å². The molecule has 2 aromatic rings. The standard InChI is InChI=1S/C54H76Si/c1-55(2,53-41(33-37-17-5-3-6-18-37)35-51-47(29-15-31-49(51)53)45-27-13-23-39-21-9-11-25-43(39)45)54-42(34-38-19-7-4-8-20-38)36-52-48(30-16-32-50(52)54)46-28-14-24-40-22-10-12-26-44(40)46/h9-12,21-26,37-38,41-42,47-54H,3-8,13-20,27-36H2,1-2H3. The summed E-state index contributed by atoms with van der Waals surface area (Å²) in [4.78, 5) is 0. The highest BCUT2D eigenvalue weighted by molar-refractivity contribution is 6.80. The van der Waals surface area contributed by atoms with Gasteiger partial charge in [0, 0.05) is 0 Å². The summed E-state index contributed by atoms with van der Waals surface area (Å²) in [6.45, 7) is 6.16. The molecule has 0 aliphatic heterocycles. The van der Waals surface area contributed by atoms with Crippen molar-refractivity contribution in [2.75, 3.05) is 0 Å². The third-order valence-corrected chi connectivity index (χ3v) is 24.1. The zero-order chi connectivity index (χ0) is 36.9. The molecule has 6 fully saturated rings. The molecule has 8 aliphatic carbocycles. The summed E-state index contributed by atoms with van der Waals surface area (Å²) < 4.78 is 0. The minimum Gasteiger partial charge on any atom is -0.0763 e. The fourth-order valence-electron chi connectivity index (χ4n) is 17.2. The van der Waals surface area contributed by atoms with Crippen molar-refractivity contribution in [3.05, 3.63) is 69.4 Å². The van der Waals surface area contributed by atoms with E-state index in [9.17, 15) is 0 Å². The molecule has 0 N–H and O–H groups in total. The lowest BCUT2D eigenvalue weighted by atomic mass is 9.68. The van der Waals surface area contributed by atoms with Gasteiger partial charge in [0.1, 0.15) is 0 Å². The van der Waals surface area contributed by atoms with Crippen LogP contribution in [0, 0.1) is 59.2 Å². The van der Waals surface area contributed by atoms with Gasteiger partial charge in [-0.15, -0.1) is 0 Å². The summed E-state index contributed by atoms with van der Waals surface area (Å²) in [6.07, 6.45) is 41.0. The molecule has 1 heteroatoms. The normalized spacial score (nSPS) is 37.0. The van der Waals surface area contributed by atoms with Crippen LogP contribution in [-0.4, -0.2) is 8.07 Å². The minimum absolute atomic E-state index is 0.852. The van der Waals surface area contributed by atoms with E-state index in [1.165, 1.54) is 89.9 Å². The summed E-state index contributed by atoms with van der Waals surface area (Å²) in [5.41, 5.74) is 5.92. The van der Waals surface area contributed by atoms with Crippen molar-refractivity contribution in [2.24, 2.45) is 59.2 Å². The summed E-state index contributed by atoms with van der Waals surface area (Å²) in [5.74, 6) is 9.69. The molecule has 0 spiro atoms. The van der Waals surface area contributed by atoms with Crippen molar-refractivity contribution in [2.45, 2.75) is 178 Å². The number of fused-ring (bicyclic) bond motifs is 4. The van der Waals surface area contributed by atoms with Gasteiger partial charge in [0.05, 0.1) is 8.07 Å². The molecule has 0 aromatic heterocycles. The van der Waals surface area contributed by atoms with Gasteiger partial charge in [-0.3, -0.25) is 0 Å². The number of hydrogen-bond donors (Lipinski definition) is 0. The number of rotatable bonds is 8. The van der Waals surface area contributed by atoms with Gasteiger partial charge in [-0.1, -0.05) is 175 Å². The minimum atomic E-state index is -1.68. The number of hydrogen-bond acceptors (Lipinski definition) is 0. The Labute approximate surface area is 336 Å². The van der Waals surface area contributed by atoms with Crippen molar-refractivity contribution in [3.63, 3.8) is 0 Å². The molecule has 8 aliphatic rings. The first kappa shape index (κ1) is 37.4. The molecule has 55 heavy (non-hydrogen) atoms. The van der Waals surface area contributed by atoms with E-state index in [0.717, 1.165) is 70.3 Å². The van der Waals surface area contributed by atoms with Crippen LogP contribution in [0.3, 0.4) is 0 Å². The first-order valence-corrected chi connectivity index (χ1v) is 27.8. The third kappa shape index (κ3) is 7.07. The highest BCUT2D eigenvalue weighted by Gasteiger charge is 2.61. The fraction of sp³-hybridized carbons (Fsp3) is 0.704. The van der Waals surface area contributed by atoms with E-state index in [0.29, 0.717) is 0 Å². The molecule has 0 radical (unpaired) electrons. The molecule has 10 rings (SSSR count). The Morgan fingerprint density at radius 2 is 0.909 bits per heavy atom. The monoisotopic (exact) mass is 753 g/mol. The van der Waals surface area contributed by atoms with Crippen LogP contribution in [0.5, 0.6) is 0 Å².